The van der Waals surface area contributed by atoms with Crippen LogP contribution in [0, 0.1) is 6.92 Å². The molecule has 0 aliphatic heterocycles. The molecule has 0 radical (unpaired) electrons. The molecule has 0 saturated carbocycles. The molecule has 0 N–H and O–H groups in total. The van der Waals surface area contributed by atoms with Crippen LogP contribution in [0.15, 0.2) is 12.3 Å². The first kappa shape index (κ1) is 8.93. The van der Waals surface area contributed by atoms with E-state index in [9.17, 15) is 0 Å². The van der Waals surface area contributed by atoms with Crippen LogP contribution in [0.4, 0.5) is 5.95 Å². The molecule has 0 aliphatic rings. The third kappa shape index (κ3) is 2.17. The number of hydrogen-bond donors (Lipinski definition) is 0. The van der Waals surface area contributed by atoms with Crippen molar-refractivity contribution in [3.63, 3.8) is 0 Å². The van der Waals surface area contributed by atoms with Gasteiger partial charge in [-0.15, -0.1) is 0 Å². The molecule has 0 aromatic carbocycles. The van der Waals surface area contributed by atoms with Crippen molar-refractivity contribution in [2.24, 2.45) is 0 Å². The molecule has 0 spiro atoms. The van der Waals surface area contributed by atoms with Crippen molar-refractivity contribution >= 4 is 5.95 Å². The Morgan fingerprint density at radius 3 is 2.92 bits per heavy atom. The number of aryl methyl sites for hydroxylation is 1. The molecule has 0 saturated heterocycles. The average molecular weight is 167 g/mol. The molecular weight excluding hydrogens is 154 g/mol. The van der Waals surface area contributed by atoms with Crippen molar-refractivity contribution in [3.05, 3.63) is 18.0 Å². The zero-order valence-electron chi connectivity index (χ0n) is 7.61. The maximum Gasteiger partial charge on any atom is 0.249 e. The number of hydrogen-bond acceptors (Lipinski definition) is 4. The summed E-state index contributed by atoms with van der Waals surface area (Å²) in [4.78, 5) is 13.4. The second kappa shape index (κ2) is 4.01. The van der Waals surface area contributed by atoms with Gasteiger partial charge >= 0.3 is 0 Å². The molecule has 1 heterocycles. The summed E-state index contributed by atoms with van der Waals surface area (Å²) in [5.74, 6) is 0.594. The summed E-state index contributed by atoms with van der Waals surface area (Å²) >= 11 is 0. The van der Waals surface area contributed by atoms with Crippen LogP contribution >= 0.6 is 0 Å². The van der Waals surface area contributed by atoms with Crippen molar-refractivity contribution in [2.45, 2.75) is 13.8 Å². The Kier molecular flexibility index (Phi) is 2.99. The van der Waals surface area contributed by atoms with E-state index in [0.29, 0.717) is 12.6 Å². The van der Waals surface area contributed by atoms with Crippen molar-refractivity contribution < 1.29 is 4.84 Å². The molecular formula is C8H13N3O. The number of anilines is 1. The van der Waals surface area contributed by atoms with E-state index in [2.05, 4.69) is 9.97 Å². The van der Waals surface area contributed by atoms with Gasteiger partial charge in [0.05, 0.1) is 6.61 Å². The quantitative estimate of drug-likeness (QED) is 0.633. The first-order chi connectivity index (χ1) is 5.74. The molecule has 4 heteroatoms. The number of rotatable bonds is 3. The molecule has 0 bridgehead atoms. The molecule has 1 aromatic rings. The Balaban J connectivity index is 2.73. The van der Waals surface area contributed by atoms with Crippen LogP contribution in [0.1, 0.15) is 12.6 Å². The Bertz CT molecular complexity index is 252. The minimum absolute atomic E-state index is 0.594. The van der Waals surface area contributed by atoms with Gasteiger partial charge in [-0.25, -0.2) is 15.0 Å². The third-order valence-corrected chi connectivity index (χ3v) is 1.39. The highest BCUT2D eigenvalue weighted by Crippen LogP contribution is 2.04. The van der Waals surface area contributed by atoms with Crippen molar-refractivity contribution in [1.82, 2.24) is 9.97 Å². The maximum atomic E-state index is 5.19. The van der Waals surface area contributed by atoms with Gasteiger partial charge in [0.2, 0.25) is 5.95 Å². The molecule has 0 aliphatic carbocycles. The van der Waals surface area contributed by atoms with Gasteiger partial charge in [-0.1, -0.05) is 0 Å². The number of hydroxylamine groups is 1. The van der Waals surface area contributed by atoms with E-state index in [1.54, 1.807) is 18.3 Å². The van der Waals surface area contributed by atoms with E-state index in [-0.39, 0.29) is 0 Å². The Hall–Kier alpha value is -1.16. The second-order valence-electron chi connectivity index (χ2n) is 2.41. The zero-order chi connectivity index (χ0) is 8.97. The standard InChI is InChI=1S/C8H13N3O/c1-4-12-11(3)8-9-6-5-7(2)10-8/h5-6H,4H2,1-3H3. The summed E-state index contributed by atoms with van der Waals surface area (Å²) in [6, 6.07) is 1.85. The summed E-state index contributed by atoms with van der Waals surface area (Å²) < 4.78 is 0. The topological polar surface area (TPSA) is 38.2 Å². The van der Waals surface area contributed by atoms with Gasteiger partial charge in [-0.3, -0.25) is 4.84 Å². The third-order valence-electron chi connectivity index (χ3n) is 1.39. The van der Waals surface area contributed by atoms with Gasteiger partial charge in [-0.2, -0.15) is 0 Å². The Morgan fingerprint density at radius 1 is 1.58 bits per heavy atom. The smallest absolute Gasteiger partial charge is 0.249 e. The Labute approximate surface area is 72.2 Å². The molecule has 66 valence electrons. The average Bonchev–Trinajstić information content (AvgIpc) is 2.05. The van der Waals surface area contributed by atoms with Crippen molar-refractivity contribution in [2.75, 3.05) is 18.7 Å². The predicted molar refractivity (Wildman–Crippen MR) is 46.8 cm³/mol. The van der Waals surface area contributed by atoms with Gasteiger partial charge in [0.25, 0.3) is 0 Å². The van der Waals surface area contributed by atoms with Gasteiger partial charge in [0.15, 0.2) is 0 Å². The lowest BCUT2D eigenvalue weighted by Crippen LogP contribution is -2.20. The molecule has 0 amide bonds. The largest absolute Gasteiger partial charge is 0.271 e. The monoisotopic (exact) mass is 167 g/mol. The zero-order valence-corrected chi connectivity index (χ0v) is 7.61. The summed E-state index contributed by atoms with van der Waals surface area (Å²) in [7, 11) is 1.79. The lowest BCUT2D eigenvalue weighted by Gasteiger charge is -2.14. The number of nitrogens with zero attached hydrogens (tertiary/aromatic N) is 3. The SMILES string of the molecule is CCON(C)c1nccc(C)n1. The summed E-state index contributed by atoms with van der Waals surface area (Å²) in [5, 5.41) is 1.56. The van der Waals surface area contributed by atoms with Crippen LogP contribution < -0.4 is 5.06 Å². The van der Waals surface area contributed by atoms with Gasteiger partial charge in [0.1, 0.15) is 0 Å². The van der Waals surface area contributed by atoms with Gasteiger partial charge in [-0.05, 0) is 19.9 Å². The highest BCUT2D eigenvalue weighted by atomic mass is 16.7. The number of aromatic nitrogens is 2. The highest BCUT2D eigenvalue weighted by molar-refractivity contribution is 5.24. The van der Waals surface area contributed by atoms with Crippen LogP contribution in [-0.4, -0.2) is 23.6 Å². The highest BCUT2D eigenvalue weighted by Gasteiger charge is 2.02. The van der Waals surface area contributed by atoms with Gasteiger partial charge in [0, 0.05) is 18.9 Å². The van der Waals surface area contributed by atoms with Crippen molar-refractivity contribution in [1.29, 1.82) is 0 Å². The molecule has 12 heavy (non-hydrogen) atoms. The summed E-state index contributed by atoms with van der Waals surface area (Å²) in [5.41, 5.74) is 0.937. The van der Waals surface area contributed by atoms with E-state index in [1.807, 2.05) is 19.9 Å². The lowest BCUT2D eigenvalue weighted by molar-refractivity contribution is 0.131. The first-order valence-electron chi connectivity index (χ1n) is 3.90. The fraction of sp³-hybridized carbons (Fsp3) is 0.500. The van der Waals surface area contributed by atoms with Crippen molar-refractivity contribution in [3.8, 4) is 0 Å². The molecule has 0 atom stereocenters. The van der Waals surface area contributed by atoms with E-state index in [0.717, 1.165) is 5.69 Å². The predicted octanol–water partition coefficient (Wildman–Crippen LogP) is 1.17. The van der Waals surface area contributed by atoms with Crippen LogP contribution in [0.5, 0.6) is 0 Å². The maximum absolute atomic E-state index is 5.19. The van der Waals surface area contributed by atoms with E-state index in [1.165, 1.54) is 0 Å². The van der Waals surface area contributed by atoms with Crippen LogP contribution in [0.3, 0.4) is 0 Å². The minimum Gasteiger partial charge on any atom is -0.271 e. The van der Waals surface area contributed by atoms with E-state index in [4.69, 9.17) is 4.84 Å². The summed E-state index contributed by atoms with van der Waals surface area (Å²) in [6.45, 7) is 4.46. The fourth-order valence-corrected chi connectivity index (χ4v) is 0.839. The molecule has 1 aromatic heterocycles. The molecule has 0 unspecified atom stereocenters. The van der Waals surface area contributed by atoms with Crippen LogP contribution in [0.2, 0.25) is 0 Å². The van der Waals surface area contributed by atoms with Crippen LogP contribution in [-0.2, 0) is 4.84 Å². The molecule has 4 nitrogen and oxygen atoms in total. The molecule has 0 fully saturated rings. The normalized spacial score (nSPS) is 9.92. The lowest BCUT2D eigenvalue weighted by atomic mass is 10.5. The van der Waals surface area contributed by atoms with E-state index < -0.39 is 0 Å². The Morgan fingerprint density at radius 2 is 2.33 bits per heavy atom. The second-order valence-corrected chi connectivity index (χ2v) is 2.41. The van der Waals surface area contributed by atoms with E-state index >= 15 is 0 Å². The fourth-order valence-electron chi connectivity index (χ4n) is 0.839. The first-order valence-corrected chi connectivity index (χ1v) is 3.90. The minimum atomic E-state index is 0.594. The van der Waals surface area contributed by atoms with Gasteiger partial charge < -0.3 is 0 Å². The van der Waals surface area contributed by atoms with Crippen LogP contribution in [0.25, 0.3) is 0 Å². The molecule has 1 rings (SSSR count). The summed E-state index contributed by atoms with van der Waals surface area (Å²) in [6.07, 6.45) is 1.72.